The third kappa shape index (κ3) is 4.53. The second-order valence-corrected chi connectivity index (χ2v) is 8.41. The first kappa shape index (κ1) is 24.5. The first-order valence-corrected chi connectivity index (χ1v) is 11.1. The van der Waals surface area contributed by atoms with Crippen LogP contribution in [0.15, 0.2) is 72.3 Å². The standard InChI is InChI=1S/C28H25NO7/c1-16-7-12-22(36-3)21(13-16)25(30)23-24(19-5-4-6-20(14-19)35-2)29(27(32)26(23)31)15-17-8-10-18(11-9-17)28(33)34/h4-14,24,30H,15H2,1-3H3,(H,33,34)/b25-23+. The molecule has 1 heterocycles. The van der Waals surface area contributed by atoms with Crippen LogP contribution in [-0.2, 0) is 16.1 Å². The summed E-state index contributed by atoms with van der Waals surface area (Å²) in [7, 11) is 2.97. The molecule has 1 atom stereocenters. The highest BCUT2D eigenvalue weighted by Gasteiger charge is 2.46. The van der Waals surface area contributed by atoms with Crippen LogP contribution in [0.4, 0.5) is 0 Å². The number of ketones is 1. The van der Waals surface area contributed by atoms with E-state index in [9.17, 15) is 24.6 Å². The van der Waals surface area contributed by atoms with Crippen molar-refractivity contribution < 1.29 is 34.1 Å². The summed E-state index contributed by atoms with van der Waals surface area (Å²) in [4.78, 5) is 39.2. The molecule has 0 radical (unpaired) electrons. The lowest BCUT2D eigenvalue weighted by atomic mass is 9.94. The third-order valence-electron chi connectivity index (χ3n) is 6.11. The van der Waals surface area contributed by atoms with Crippen molar-refractivity contribution >= 4 is 23.4 Å². The van der Waals surface area contributed by atoms with Gasteiger partial charge >= 0.3 is 5.97 Å². The van der Waals surface area contributed by atoms with Crippen molar-refractivity contribution in [2.24, 2.45) is 0 Å². The van der Waals surface area contributed by atoms with Crippen LogP contribution in [0.5, 0.6) is 11.5 Å². The number of nitrogens with zero attached hydrogens (tertiary/aromatic N) is 1. The highest BCUT2D eigenvalue weighted by atomic mass is 16.5. The van der Waals surface area contributed by atoms with Crippen molar-refractivity contribution in [3.8, 4) is 11.5 Å². The van der Waals surface area contributed by atoms with Gasteiger partial charge in [-0.05, 0) is 54.4 Å². The molecule has 0 spiro atoms. The average molecular weight is 488 g/mol. The van der Waals surface area contributed by atoms with Gasteiger partial charge in [-0.15, -0.1) is 0 Å². The third-order valence-corrected chi connectivity index (χ3v) is 6.11. The van der Waals surface area contributed by atoms with E-state index < -0.39 is 23.7 Å². The smallest absolute Gasteiger partial charge is 0.335 e. The number of hydrogen-bond donors (Lipinski definition) is 2. The Bertz CT molecular complexity index is 1370. The van der Waals surface area contributed by atoms with E-state index in [4.69, 9.17) is 9.47 Å². The Labute approximate surface area is 208 Å². The molecule has 3 aromatic rings. The van der Waals surface area contributed by atoms with E-state index in [0.717, 1.165) is 5.56 Å². The number of carbonyl (C=O) groups excluding carboxylic acids is 2. The summed E-state index contributed by atoms with van der Waals surface area (Å²) < 4.78 is 10.7. The molecular formula is C28H25NO7. The maximum atomic E-state index is 13.3. The van der Waals surface area contributed by atoms with E-state index >= 15 is 0 Å². The first-order valence-electron chi connectivity index (χ1n) is 11.1. The zero-order valence-electron chi connectivity index (χ0n) is 20.0. The Kier molecular flexibility index (Phi) is 6.78. The molecule has 1 saturated heterocycles. The number of Topliss-reactive ketones (excluding diaryl/α,β-unsaturated/α-hetero) is 1. The maximum Gasteiger partial charge on any atom is 0.335 e. The fourth-order valence-corrected chi connectivity index (χ4v) is 4.30. The van der Waals surface area contributed by atoms with Gasteiger partial charge in [-0.2, -0.15) is 0 Å². The number of amides is 1. The topological polar surface area (TPSA) is 113 Å². The molecule has 184 valence electrons. The summed E-state index contributed by atoms with van der Waals surface area (Å²) >= 11 is 0. The van der Waals surface area contributed by atoms with Crippen molar-refractivity contribution in [3.05, 3.63) is 100 Å². The van der Waals surface area contributed by atoms with Crippen molar-refractivity contribution in [3.63, 3.8) is 0 Å². The molecule has 1 fully saturated rings. The number of aliphatic hydroxyl groups excluding tert-OH is 1. The molecule has 0 aliphatic carbocycles. The Hall–Kier alpha value is -4.59. The molecule has 2 N–H and O–H groups in total. The normalized spacial score (nSPS) is 16.8. The van der Waals surface area contributed by atoms with Gasteiger partial charge in [0.2, 0.25) is 0 Å². The van der Waals surface area contributed by atoms with Gasteiger partial charge in [0.1, 0.15) is 17.3 Å². The molecule has 0 aromatic heterocycles. The van der Waals surface area contributed by atoms with Crippen LogP contribution in [0.2, 0.25) is 0 Å². The second kappa shape index (κ2) is 9.95. The number of hydrogen-bond acceptors (Lipinski definition) is 6. The van der Waals surface area contributed by atoms with E-state index in [2.05, 4.69) is 0 Å². The van der Waals surface area contributed by atoms with Gasteiger partial charge in [0.05, 0.1) is 37.0 Å². The Morgan fingerprint density at radius 3 is 2.31 bits per heavy atom. The van der Waals surface area contributed by atoms with E-state index in [-0.39, 0.29) is 23.4 Å². The number of carboxylic acid groups (broad SMARTS) is 1. The molecule has 8 nitrogen and oxygen atoms in total. The van der Waals surface area contributed by atoms with E-state index in [1.165, 1.54) is 31.3 Å². The van der Waals surface area contributed by atoms with Gasteiger partial charge in [-0.25, -0.2) is 4.79 Å². The summed E-state index contributed by atoms with van der Waals surface area (Å²) in [6, 6.07) is 17.3. The van der Waals surface area contributed by atoms with Crippen LogP contribution in [0, 0.1) is 6.92 Å². The number of aryl methyl sites for hydroxylation is 1. The fraction of sp³-hybridized carbons (Fsp3) is 0.179. The number of aromatic carboxylic acids is 1. The number of benzene rings is 3. The SMILES string of the molecule is COc1cccc(C2/C(=C(\O)c3cc(C)ccc3OC)C(=O)C(=O)N2Cc2ccc(C(=O)O)cc2)c1. The summed E-state index contributed by atoms with van der Waals surface area (Å²) in [5, 5.41) is 20.6. The Morgan fingerprint density at radius 2 is 1.67 bits per heavy atom. The number of rotatable bonds is 7. The summed E-state index contributed by atoms with van der Waals surface area (Å²) in [6.45, 7) is 1.86. The molecule has 4 rings (SSSR count). The minimum absolute atomic E-state index is 0.0219. The van der Waals surface area contributed by atoms with Crippen molar-refractivity contribution in [2.75, 3.05) is 14.2 Å². The maximum absolute atomic E-state index is 13.3. The lowest BCUT2D eigenvalue weighted by molar-refractivity contribution is -0.140. The number of ether oxygens (including phenoxy) is 2. The summed E-state index contributed by atoms with van der Waals surface area (Å²) in [5.74, 6) is -2.13. The van der Waals surface area contributed by atoms with Crippen molar-refractivity contribution in [1.29, 1.82) is 0 Å². The molecule has 1 unspecified atom stereocenters. The molecule has 36 heavy (non-hydrogen) atoms. The molecule has 1 aliphatic heterocycles. The average Bonchev–Trinajstić information content (AvgIpc) is 3.13. The molecular weight excluding hydrogens is 462 g/mol. The number of carboxylic acids is 1. The Balaban J connectivity index is 1.88. The largest absolute Gasteiger partial charge is 0.507 e. The lowest BCUT2D eigenvalue weighted by Crippen LogP contribution is -2.29. The summed E-state index contributed by atoms with van der Waals surface area (Å²) in [6.07, 6.45) is 0. The van der Waals surface area contributed by atoms with E-state index in [1.54, 1.807) is 48.5 Å². The van der Waals surface area contributed by atoms with Gasteiger partial charge in [0, 0.05) is 6.54 Å². The number of aliphatic hydroxyl groups is 1. The number of likely N-dealkylation sites (tertiary alicyclic amines) is 1. The molecule has 8 heteroatoms. The van der Waals surface area contributed by atoms with E-state index in [0.29, 0.717) is 28.2 Å². The van der Waals surface area contributed by atoms with Crippen molar-refractivity contribution in [1.82, 2.24) is 4.90 Å². The summed E-state index contributed by atoms with van der Waals surface area (Å²) in [5.41, 5.74) is 2.38. The van der Waals surface area contributed by atoms with Gasteiger partial charge in [-0.1, -0.05) is 35.9 Å². The zero-order chi connectivity index (χ0) is 26.0. The minimum Gasteiger partial charge on any atom is -0.507 e. The highest BCUT2D eigenvalue weighted by Crippen LogP contribution is 2.42. The van der Waals surface area contributed by atoms with Crippen LogP contribution in [-0.4, -0.2) is 47.0 Å². The van der Waals surface area contributed by atoms with Crippen LogP contribution < -0.4 is 9.47 Å². The van der Waals surface area contributed by atoms with Crippen LogP contribution in [0.1, 0.15) is 38.7 Å². The van der Waals surface area contributed by atoms with Gasteiger partial charge < -0.3 is 24.6 Å². The predicted octanol–water partition coefficient (Wildman–Crippen LogP) is 4.33. The van der Waals surface area contributed by atoms with Crippen molar-refractivity contribution in [2.45, 2.75) is 19.5 Å². The highest BCUT2D eigenvalue weighted by molar-refractivity contribution is 6.46. The quantitative estimate of drug-likeness (QED) is 0.290. The van der Waals surface area contributed by atoms with Crippen LogP contribution in [0.25, 0.3) is 5.76 Å². The fourth-order valence-electron chi connectivity index (χ4n) is 4.30. The molecule has 0 bridgehead atoms. The lowest BCUT2D eigenvalue weighted by Gasteiger charge is -2.26. The minimum atomic E-state index is -1.06. The molecule has 1 amide bonds. The number of carbonyl (C=O) groups is 3. The van der Waals surface area contributed by atoms with Gasteiger partial charge in [0.15, 0.2) is 0 Å². The van der Waals surface area contributed by atoms with Gasteiger partial charge in [-0.3, -0.25) is 9.59 Å². The molecule has 0 saturated carbocycles. The monoisotopic (exact) mass is 487 g/mol. The van der Waals surface area contributed by atoms with Crippen LogP contribution in [0.3, 0.4) is 0 Å². The second-order valence-electron chi connectivity index (χ2n) is 8.41. The van der Waals surface area contributed by atoms with Gasteiger partial charge in [0.25, 0.3) is 11.7 Å². The Morgan fingerprint density at radius 1 is 0.944 bits per heavy atom. The predicted molar refractivity (Wildman–Crippen MR) is 132 cm³/mol. The van der Waals surface area contributed by atoms with E-state index in [1.807, 2.05) is 13.0 Å². The van der Waals surface area contributed by atoms with Crippen LogP contribution >= 0.6 is 0 Å². The zero-order valence-corrected chi connectivity index (χ0v) is 20.0. The molecule has 3 aromatic carbocycles. The molecule has 1 aliphatic rings. The first-order chi connectivity index (χ1) is 17.2. The number of methoxy groups -OCH3 is 2.